The van der Waals surface area contributed by atoms with E-state index >= 15 is 0 Å². The van der Waals surface area contributed by atoms with Gasteiger partial charge in [-0.05, 0) is 0 Å². The van der Waals surface area contributed by atoms with Crippen LogP contribution in [0.4, 0.5) is 24.5 Å². The van der Waals surface area contributed by atoms with Crippen LogP contribution in [-0.2, 0) is 4.79 Å². The van der Waals surface area contributed by atoms with Crippen molar-refractivity contribution in [1.29, 1.82) is 5.39 Å². The molecule has 18 heavy (non-hydrogen) atoms. The van der Waals surface area contributed by atoms with Gasteiger partial charge in [0.1, 0.15) is 5.97 Å². The summed E-state index contributed by atoms with van der Waals surface area (Å²) < 4.78 is 31.5. The SMILES string of the molecule is N#[N+]c1ccc([N+](=O)[O-])cc1.O=C([O-])C(F)(F)F. The maximum absolute atomic E-state index is 10.5. The number of hydrogen-bond donors (Lipinski definition) is 0. The third-order valence-electron chi connectivity index (χ3n) is 1.41. The summed E-state index contributed by atoms with van der Waals surface area (Å²) in [5.74, 6) is -3.01. The molecule has 0 aliphatic rings. The van der Waals surface area contributed by atoms with Gasteiger partial charge in [0, 0.05) is 24.3 Å². The minimum atomic E-state index is -5.19. The fourth-order valence-electron chi connectivity index (χ4n) is 0.641. The lowest BCUT2D eigenvalue weighted by atomic mass is 10.3. The first-order valence-corrected chi connectivity index (χ1v) is 4.06. The second-order valence-corrected chi connectivity index (χ2v) is 2.66. The molecule has 0 atom stereocenters. The topological polar surface area (TPSA) is 111 Å². The van der Waals surface area contributed by atoms with Gasteiger partial charge in [0.2, 0.25) is 5.39 Å². The Morgan fingerprint density at radius 2 is 1.67 bits per heavy atom. The number of nitro groups is 1. The van der Waals surface area contributed by atoms with Crippen molar-refractivity contribution in [2.45, 2.75) is 6.18 Å². The van der Waals surface area contributed by atoms with E-state index in [1.54, 1.807) is 0 Å². The molecule has 0 amide bonds. The van der Waals surface area contributed by atoms with E-state index in [1.165, 1.54) is 24.3 Å². The van der Waals surface area contributed by atoms with Gasteiger partial charge >= 0.3 is 11.9 Å². The van der Waals surface area contributed by atoms with Crippen LogP contribution in [0, 0.1) is 15.5 Å². The molecule has 10 heteroatoms. The average Bonchev–Trinajstić information content (AvgIpc) is 2.28. The maximum Gasteiger partial charge on any atom is 0.430 e. The molecule has 0 saturated carbocycles. The second-order valence-electron chi connectivity index (χ2n) is 2.66. The van der Waals surface area contributed by atoms with Gasteiger partial charge < -0.3 is 9.90 Å². The fraction of sp³-hybridized carbons (Fsp3) is 0.125. The van der Waals surface area contributed by atoms with Crippen molar-refractivity contribution < 1.29 is 28.0 Å². The number of benzene rings is 1. The molecule has 1 aromatic carbocycles. The van der Waals surface area contributed by atoms with Crippen LogP contribution in [0.2, 0.25) is 0 Å². The Morgan fingerprint density at radius 3 is 1.89 bits per heavy atom. The molecule has 0 radical (unpaired) electrons. The highest BCUT2D eigenvalue weighted by Gasteiger charge is 2.28. The van der Waals surface area contributed by atoms with Crippen molar-refractivity contribution in [2.24, 2.45) is 0 Å². The Bertz CT molecular complexity index is 478. The van der Waals surface area contributed by atoms with Crippen molar-refractivity contribution in [3.63, 3.8) is 0 Å². The number of hydrogen-bond acceptors (Lipinski definition) is 5. The van der Waals surface area contributed by atoms with Crippen LogP contribution < -0.4 is 5.11 Å². The zero-order valence-corrected chi connectivity index (χ0v) is 8.42. The molecular formula is C8H4F3N3O4. The lowest BCUT2D eigenvalue weighted by molar-refractivity contribution is -0.384. The van der Waals surface area contributed by atoms with Crippen LogP contribution in [0.3, 0.4) is 0 Å². The quantitative estimate of drug-likeness (QED) is 0.431. The van der Waals surface area contributed by atoms with E-state index in [9.17, 15) is 23.3 Å². The Morgan fingerprint density at radius 1 is 1.28 bits per heavy atom. The van der Waals surface area contributed by atoms with Crippen molar-refractivity contribution in [2.75, 3.05) is 0 Å². The number of nitrogens with zero attached hydrogens (tertiary/aromatic N) is 3. The molecule has 0 bridgehead atoms. The molecule has 0 aliphatic heterocycles. The lowest BCUT2D eigenvalue weighted by Crippen LogP contribution is -2.37. The second kappa shape index (κ2) is 6.14. The summed E-state index contributed by atoms with van der Waals surface area (Å²) in [6, 6.07) is 5.26. The highest BCUT2D eigenvalue weighted by atomic mass is 19.4. The van der Waals surface area contributed by atoms with Gasteiger partial charge in [-0.3, -0.25) is 10.1 Å². The Kier molecular flexibility index (Phi) is 5.22. The Labute approximate surface area is 97.2 Å². The van der Waals surface area contributed by atoms with Crippen molar-refractivity contribution in [3.8, 4) is 0 Å². The largest absolute Gasteiger partial charge is 0.542 e. The molecule has 0 N–H and O–H groups in total. The molecule has 0 aromatic heterocycles. The predicted molar refractivity (Wildman–Crippen MR) is 48.9 cm³/mol. The molecule has 0 saturated heterocycles. The Balaban J connectivity index is 0.000000360. The molecular weight excluding hydrogens is 259 g/mol. The lowest BCUT2D eigenvalue weighted by Gasteiger charge is -2.03. The Hall–Kier alpha value is -2.70. The van der Waals surface area contributed by atoms with E-state index in [2.05, 4.69) is 4.98 Å². The average molecular weight is 263 g/mol. The van der Waals surface area contributed by atoms with E-state index in [0.717, 1.165) is 0 Å². The van der Waals surface area contributed by atoms with Crippen LogP contribution in [0.5, 0.6) is 0 Å². The van der Waals surface area contributed by atoms with Crippen molar-refractivity contribution in [3.05, 3.63) is 39.4 Å². The normalized spacial score (nSPS) is 9.67. The van der Waals surface area contributed by atoms with E-state index in [0.29, 0.717) is 5.69 Å². The monoisotopic (exact) mass is 263 g/mol. The number of nitro benzene ring substituents is 1. The maximum atomic E-state index is 10.5. The molecule has 96 valence electrons. The first-order chi connectivity index (χ1) is 8.18. The van der Waals surface area contributed by atoms with Gasteiger partial charge in [-0.2, -0.15) is 13.2 Å². The van der Waals surface area contributed by atoms with E-state index in [4.69, 9.17) is 15.3 Å². The molecule has 1 aromatic rings. The zero-order valence-electron chi connectivity index (χ0n) is 8.42. The van der Waals surface area contributed by atoms with Crippen LogP contribution in [0.15, 0.2) is 24.3 Å². The molecule has 7 nitrogen and oxygen atoms in total. The minimum Gasteiger partial charge on any atom is -0.542 e. The molecule has 0 spiro atoms. The summed E-state index contributed by atoms with van der Waals surface area (Å²) in [4.78, 5) is 21.2. The number of carbonyl (C=O) groups is 1. The summed E-state index contributed by atoms with van der Waals surface area (Å²) in [7, 11) is 0. The third kappa shape index (κ3) is 5.40. The summed E-state index contributed by atoms with van der Waals surface area (Å²) >= 11 is 0. The van der Waals surface area contributed by atoms with Crippen LogP contribution >= 0.6 is 0 Å². The smallest absolute Gasteiger partial charge is 0.430 e. The number of carboxylic acid groups (broad SMARTS) is 1. The summed E-state index contributed by atoms with van der Waals surface area (Å²) in [5.41, 5.74) is 0.285. The summed E-state index contributed by atoms with van der Waals surface area (Å²) in [6.45, 7) is 0. The van der Waals surface area contributed by atoms with Gasteiger partial charge in [0.15, 0.2) is 4.98 Å². The summed E-state index contributed by atoms with van der Waals surface area (Å²) in [6.07, 6.45) is -5.19. The molecule has 0 unspecified atom stereocenters. The van der Waals surface area contributed by atoms with Crippen LogP contribution in [0.1, 0.15) is 0 Å². The van der Waals surface area contributed by atoms with Crippen molar-refractivity contribution >= 4 is 17.3 Å². The van der Waals surface area contributed by atoms with Crippen LogP contribution in [-0.4, -0.2) is 17.1 Å². The van der Waals surface area contributed by atoms with Crippen molar-refractivity contribution in [1.82, 2.24) is 0 Å². The highest BCUT2D eigenvalue weighted by molar-refractivity contribution is 5.70. The number of alkyl halides is 3. The molecule has 1 rings (SSSR count). The molecule has 0 aliphatic carbocycles. The summed E-state index contributed by atoms with van der Waals surface area (Å²) in [5, 5.41) is 27.1. The van der Waals surface area contributed by atoms with E-state index in [-0.39, 0.29) is 5.69 Å². The fourth-order valence-corrected chi connectivity index (χ4v) is 0.641. The third-order valence-corrected chi connectivity index (χ3v) is 1.41. The van der Waals surface area contributed by atoms with Gasteiger partial charge in [-0.15, -0.1) is 0 Å². The number of aliphatic carboxylic acids is 1. The zero-order chi connectivity index (χ0) is 14.3. The van der Waals surface area contributed by atoms with Gasteiger partial charge in [-0.25, -0.2) is 0 Å². The number of carboxylic acids is 1. The minimum absolute atomic E-state index is 0.0163. The van der Waals surface area contributed by atoms with Crippen LogP contribution in [0.25, 0.3) is 4.98 Å². The highest BCUT2D eigenvalue weighted by Crippen LogP contribution is 2.17. The molecule has 0 heterocycles. The van der Waals surface area contributed by atoms with Gasteiger partial charge in [0.05, 0.1) is 4.92 Å². The number of rotatable bonds is 1. The number of halogens is 3. The number of non-ortho nitro benzene ring substituents is 1. The van der Waals surface area contributed by atoms with E-state index in [1.807, 2.05) is 0 Å². The standard InChI is InChI=1S/C6H4N3O2.C2HF3O2/c7-8-5-1-3-6(4-2-5)9(10)11;3-2(4,5)1(6)7/h1-4H;(H,6,7)/q+1;/p-1. The van der Waals surface area contributed by atoms with E-state index < -0.39 is 17.1 Å². The number of diazo groups is 1. The first-order valence-electron chi connectivity index (χ1n) is 4.06. The van der Waals surface area contributed by atoms with Gasteiger partial charge in [-0.1, -0.05) is 0 Å². The predicted octanol–water partition coefficient (Wildman–Crippen LogP) is 1.38. The molecule has 0 fully saturated rings. The van der Waals surface area contributed by atoms with Gasteiger partial charge in [0.25, 0.3) is 5.69 Å². The number of carbonyl (C=O) groups excluding carboxylic acids is 1. The first kappa shape index (κ1) is 15.3.